The van der Waals surface area contributed by atoms with Crippen LogP contribution in [0.3, 0.4) is 0 Å². The SMILES string of the molecule is COc1cccc(CCC(Cl)C(C)C)c1. The Balaban J connectivity index is 2.50. The molecule has 84 valence electrons. The van der Waals surface area contributed by atoms with Crippen molar-refractivity contribution in [3.8, 4) is 5.75 Å². The molecule has 1 aromatic rings. The number of ether oxygens (including phenoxy) is 1. The largest absolute Gasteiger partial charge is 0.497 e. The molecule has 0 heterocycles. The van der Waals surface area contributed by atoms with Gasteiger partial charge in [-0.25, -0.2) is 0 Å². The van der Waals surface area contributed by atoms with E-state index in [2.05, 4.69) is 26.0 Å². The predicted molar refractivity (Wildman–Crippen MR) is 65.8 cm³/mol. The van der Waals surface area contributed by atoms with E-state index in [-0.39, 0.29) is 5.38 Å². The van der Waals surface area contributed by atoms with Crippen LogP contribution in [0, 0.1) is 5.92 Å². The molecule has 0 bridgehead atoms. The zero-order valence-electron chi connectivity index (χ0n) is 9.66. The van der Waals surface area contributed by atoms with Gasteiger partial charge in [0, 0.05) is 5.38 Å². The first-order valence-electron chi connectivity index (χ1n) is 5.40. The van der Waals surface area contributed by atoms with Crippen molar-refractivity contribution in [3.63, 3.8) is 0 Å². The van der Waals surface area contributed by atoms with E-state index in [0.29, 0.717) is 5.92 Å². The summed E-state index contributed by atoms with van der Waals surface area (Å²) in [6.07, 6.45) is 2.04. The van der Waals surface area contributed by atoms with Crippen molar-refractivity contribution in [3.05, 3.63) is 29.8 Å². The van der Waals surface area contributed by atoms with Crippen molar-refractivity contribution in [1.29, 1.82) is 0 Å². The first-order valence-corrected chi connectivity index (χ1v) is 5.84. The summed E-state index contributed by atoms with van der Waals surface area (Å²) in [6.45, 7) is 4.31. The van der Waals surface area contributed by atoms with Crippen molar-refractivity contribution in [2.75, 3.05) is 7.11 Å². The van der Waals surface area contributed by atoms with E-state index in [1.807, 2.05) is 12.1 Å². The van der Waals surface area contributed by atoms with Crippen molar-refractivity contribution >= 4 is 11.6 Å². The minimum atomic E-state index is 0.260. The van der Waals surface area contributed by atoms with E-state index in [9.17, 15) is 0 Å². The fourth-order valence-corrected chi connectivity index (χ4v) is 1.57. The third-order valence-electron chi connectivity index (χ3n) is 2.57. The number of alkyl halides is 1. The van der Waals surface area contributed by atoms with Crippen LogP contribution in [-0.4, -0.2) is 12.5 Å². The molecule has 0 fully saturated rings. The van der Waals surface area contributed by atoms with Gasteiger partial charge in [-0.05, 0) is 36.5 Å². The van der Waals surface area contributed by atoms with Gasteiger partial charge >= 0.3 is 0 Å². The minimum Gasteiger partial charge on any atom is -0.497 e. The molecule has 0 saturated heterocycles. The lowest BCUT2D eigenvalue weighted by atomic mass is 10.0. The quantitative estimate of drug-likeness (QED) is 0.693. The van der Waals surface area contributed by atoms with Gasteiger partial charge in [0.25, 0.3) is 0 Å². The molecule has 0 aliphatic carbocycles. The van der Waals surface area contributed by atoms with E-state index in [0.717, 1.165) is 18.6 Å². The second-order valence-electron chi connectivity index (χ2n) is 4.15. The highest BCUT2D eigenvalue weighted by atomic mass is 35.5. The van der Waals surface area contributed by atoms with Crippen LogP contribution in [0.2, 0.25) is 0 Å². The number of rotatable bonds is 5. The van der Waals surface area contributed by atoms with Crippen LogP contribution in [-0.2, 0) is 6.42 Å². The van der Waals surface area contributed by atoms with Crippen molar-refractivity contribution in [1.82, 2.24) is 0 Å². The van der Waals surface area contributed by atoms with E-state index in [1.165, 1.54) is 5.56 Å². The van der Waals surface area contributed by atoms with Gasteiger partial charge in [0.2, 0.25) is 0 Å². The van der Waals surface area contributed by atoms with Gasteiger partial charge in [-0.1, -0.05) is 26.0 Å². The highest BCUT2D eigenvalue weighted by Crippen LogP contribution is 2.19. The Hall–Kier alpha value is -0.690. The summed E-state index contributed by atoms with van der Waals surface area (Å²) < 4.78 is 5.18. The third kappa shape index (κ3) is 4.13. The average molecular weight is 227 g/mol. The molecular formula is C13H19ClO. The molecule has 1 rings (SSSR count). The Labute approximate surface area is 97.4 Å². The third-order valence-corrected chi connectivity index (χ3v) is 3.29. The first kappa shape index (κ1) is 12.4. The molecule has 0 spiro atoms. The Morgan fingerprint density at radius 2 is 2.07 bits per heavy atom. The molecular weight excluding hydrogens is 208 g/mol. The summed E-state index contributed by atoms with van der Waals surface area (Å²) in [5.41, 5.74) is 1.29. The lowest BCUT2D eigenvalue weighted by Crippen LogP contribution is -2.08. The molecule has 15 heavy (non-hydrogen) atoms. The van der Waals surface area contributed by atoms with Gasteiger partial charge in [0.05, 0.1) is 7.11 Å². The molecule has 0 N–H and O–H groups in total. The minimum absolute atomic E-state index is 0.260. The van der Waals surface area contributed by atoms with Gasteiger partial charge in [-0.3, -0.25) is 0 Å². The first-order chi connectivity index (χ1) is 7.13. The fraction of sp³-hybridized carbons (Fsp3) is 0.538. The summed E-state index contributed by atoms with van der Waals surface area (Å²) in [6, 6.07) is 8.17. The molecule has 0 aliphatic heterocycles. The normalized spacial score (nSPS) is 12.9. The summed E-state index contributed by atoms with van der Waals surface area (Å²) in [5, 5.41) is 0.260. The van der Waals surface area contributed by atoms with E-state index in [4.69, 9.17) is 16.3 Å². The van der Waals surface area contributed by atoms with Crippen molar-refractivity contribution < 1.29 is 4.74 Å². The fourth-order valence-electron chi connectivity index (χ4n) is 1.47. The van der Waals surface area contributed by atoms with Gasteiger partial charge < -0.3 is 4.74 Å². The number of aryl methyl sites for hydroxylation is 1. The van der Waals surface area contributed by atoms with Crippen LogP contribution in [0.15, 0.2) is 24.3 Å². The van der Waals surface area contributed by atoms with Crippen LogP contribution >= 0.6 is 11.6 Å². The molecule has 0 saturated carbocycles. The molecule has 1 aromatic carbocycles. The van der Waals surface area contributed by atoms with Gasteiger partial charge in [0.15, 0.2) is 0 Å². The van der Waals surface area contributed by atoms with Crippen LogP contribution in [0.4, 0.5) is 0 Å². The second kappa shape index (κ2) is 6.02. The molecule has 1 unspecified atom stereocenters. The number of methoxy groups -OCH3 is 1. The monoisotopic (exact) mass is 226 g/mol. The van der Waals surface area contributed by atoms with Crippen LogP contribution in [0.25, 0.3) is 0 Å². The molecule has 1 atom stereocenters. The van der Waals surface area contributed by atoms with Gasteiger partial charge in [0.1, 0.15) is 5.75 Å². The molecule has 0 aromatic heterocycles. The van der Waals surface area contributed by atoms with Gasteiger partial charge in [-0.15, -0.1) is 11.6 Å². The zero-order chi connectivity index (χ0) is 11.3. The predicted octanol–water partition coefficient (Wildman–Crippen LogP) is 3.89. The number of benzene rings is 1. The Bertz CT molecular complexity index is 296. The second-order valence-corrected chi connectivity index (χ2v) is 4.71. The average Bonchev–Trinajstić information content (AvgIpc) is 2.26. The van der Waals surface area contributed by atoms with E-state index >= 15 is 0 Å². The number of halogens is 1. The molecule has 0 aliphatic rings. The standard InChI is InChI=1S/C13H19ClO/c1-10(2)13(14)8-7-11-5-4-6-12(9-11)15-3/h4-6,9-10,13H,7-8H2,1-3H3. The maximum atomic E-state index is 6.21. The summed E-state index contributed by atoms with van der Waals surface area (Å²) in [5.74, 6) is 1.46. The number of hydrogen-bond donors (Lipinski definition) is 0. The molecule has 0 radical (unpaired) electrons. The van der Waals surface area contributed by atoms with Crippen LogP contribution in [0.5, 0.6) is 5.75 Å². The smallest absolute Gasteiger partial charge is 0.119 e. The highest BCUT2D eigenvalue weighted by Gasteiger charge is 2.09. The van der Waals surface area contributed by atoms with Crippen LogP contribution < -0.4 is 4.74 Å². The topological polar surface area (TPSA) is 9.23 Å². The maximum Gasteiger partial charge on any atom is 0.119 e. The molecule has 0 amide bonds. The Morgan fingerprint density at radius 3 is 2.67 bits per heavy atom. The Morgan fingerprint density at radius 1 is 1.33 bits per heavy atom. The number of hydrogen-bond acceptors (Lipinski definition) is 1. The lowest BCUT2D eigenvalue weighted by Gasteiger charge is -2.13. The van der Waals surface area contributed by atoms with E-state index < -0.39 is 0 Å². The Kier molecular flexibility index (Phi) is 4.97. The molecule has 1 nitrogen and oxygen atoms in total. The molecule has 2 heteroatoms. The van der Waals surface area contributed by atoms with E-state index in [1.54, 1.807) is 7.11 Å². The summed E-state index contributed by atoms with van der Waals surface area (Å²) in [4.78, 5) is 0. The van der Waals surface area contributed by atoms with Crippen LogP contribution in [0.1, 0.15) is 25.8 Å². The van der Waals surface area contributed by atoms with Crippen molar-refractivity contribution in [2.24, 2.45) is 5.92 Å². The summed E-state index contributed by atoms with van der Waals surface area (Å²) in [7, 11) is 1.69. The zero-order valence-corrected chi connectivity index (χ0v) is 10.4. The highest BCUT2D eigenvalue weighted by molar-refractivity contribution is 6.20. The van der Waals surface area contributed by atoms with Gasteiger partial charge in [-0.2, -0.15) is 0 Å². The maximum absolute atomic E-state index is 6.21. The lowest BCUT2D eigenvalue weighted by molar-refractivity contribution is 0.414. The summed E-state index contributed by atoms with van der Waals surface area (Å²) >= 11 is 6.21. The van der Waals surface area contributed by atoms with Crippen molar-refractivity contribution in [2.45, 2.75) is 32.1 Å².